The van der Waals surface area contributed by atoms with Crippen LogP contribution in [0.2, 0.25) is 0 Å². The predicted molar refractivity (Wildman–Crippen MR) is 105 cm³/mol. The van der Waals surface area contributed by atoms with Crippen molar-refractivity contribution in [3.05, 3.63) is 65.7 Å². The fraction of sp³-hybridized carbons (Fsp3) is 0.364. The van der Waals surface area contributed by atoms with Crippen LogP contribution in [0.4, 0.5) is 0 Å². The minimum Gasteiger partial charge on any atom is -0.493 e. The van der Waals surface area contributed by atoms with Crippen LogP contribution in [-0.2, 0) is 9.53 Å². The van der Waals surface area contributed by atoms with Crippen molar-refractivity contribution in [1.82, 2.24) is 5.32 Å². The van der Waals surface area contributed by atoms with E-state index in [2.05, 4.69) is 24.4 Å². The molecule has 144 valence electrons. The van der Waals surface area contributed by atoms with E-state index in [1.165, 1.54) is 5.56 Å². The fourth-order valence-corrected chi connectivity index (χ4v) is 2.78. The summed E-state index contributed by atoms with van der Waals surface area (Å²) in [6.45, 7) is 6.43. The van der Waals surface area contributed by atoms with Crippen LogP contribution in [0.5, 0.6) is 5.75 Å². The number of ether oxygens (including phenoxy) is 2. The summed E-state index contributed by atoms with van der Waals surface area (Å²) < 4.78 is 10.8. The molecule has 1 amide bonds. The summed E-state index contributed by atoms with van der Waals surface area (Å²) in [7, 11) is 0. The van der Waals surface area contributed by atoms with Crippen molar-refractivity contribution in [2.75, 3.05) is 13.2 Å². The van der Waals surface area contributed by atoms with E-state index in [4.69, 9.17) is 9.47 Å². The van der Waals surface area contributed by atoms with Gasteiger partial charge in [0.1, 0.15) is 11.3 Å². The van der Waals surface area contributed by atoms with Gasteiger partial charge in [-0.1, -0.05) is 49.4 Å². The van der Waals surface area contributed by atoms with Gasteiger partial charge < -0.3 is 14.8 Å². The number of hydrogen-bond donors (Lipinski definition) is 1. The van der Waals surface area contributed by atoms with E-state index in [0.29, 0.717) is 24.5 Å². The van der Waals surface area contributed by atoms with E-state index < -0.39 is 12.1 Å². The molecule has 0 aliphatic rings. The van der Waals surface area contributed by atoms with Crippen LogP contribution in [0.25, 0.3) is 0 Å². The van der Waals surface area contributed by atoms with Crippen molar-refractivity contribution in [3.8, 4) is 5.75 Å². The molecule has 0 heterocycles. The third kappa shape index (κ3) is 5.84. The first-order valence-electron chi connectivity index (χ1n) is 9.32. The van der Waals surface area contributed by atoms with E-state index in [1.807, 2.05) is 25.1 Å². The van der Waals surface area contributed by atoms with Gasteiger partial charge in [-0.05, 0) is 38.0 Å². The number of nitrogens with one attached hydrogen (secondary N) is 1. The second kappa shape index (κ2) is 10.4. The van der Waals surface area contributed by atoms with E-state index in [1.54, 1.807) is 31.2 Å². The Morgan fingerprint density at radius 2 is 1.67 bits per heavy atom. The second-order valence-corrected chi connectivity index (χ2v) is 6.24. The monoisotopic (exact) mass is 369 g/mol. The molecule has 5 nitrogen and oxygen atoms in total. The Kier molecular flexibility index (Phi) is 7.86. The van der Waals surface area contributed by atoms with Crippen LogP contribution in [-0.4, -0.2) is 31.1 Å². The maximum absolute atomic E-state index is 12.4. The largest absolute Gasteiger partial charge is 0.493 e. The van der Waals surface area contributed by atoms with Crippen LogP contribution in [0.3, 0.4) is 0 Å². The molecule has 0 saturated heterocycles. The van der Waals surface area contributed by atoms with Crippen molar-refractivity contribution in [1.29, 1.82) is 0 Å². The lowest BCUT2D eigenvalue weighted by molar-refractivity contribution is -0.129. The van der Waals surface area contributed by atoms with Gasteiger partial charge in [0.25, 0.3) is 5.91 Å². The summed E-state index contributed by atoms with van der Waals surface area (Å²) in [6.07, 6.45) is 0.0145. The standard InChI is InChI=1S/C22H27NO4/c1-4-17(18-11-7-6-8-12-18)15-23-21(24)16(3)27-22(25)19-13-9-10-14-20(19)26-5-2/h6-14,16-17H,4-5,15H2,1-3H3,(H,23,24)/t16-,17-/m1/s1. The molecule has 0 radical (unpaired) electrons. The fourth-order valence-electron chi connectivity index (χ4n) is 2.78. The Balaban J connectivity index is 1.92. The molecule has 2 atom stereocenters. The second-order valence-electron chi connectivity index (χ2n) is 6.24. The first-order valence-corrected chi connectivity index (χ1v) is 9.32. The Labute approximate surface area is 160 Å². The van der Waals surface area contributed by atoms with Gasteiger partial charge in [0.2, 0.25) is 0 Å². The first kappa shape index (κ1) is 20.5. The van der Waals surface area contributed by atoms with Gasteiger partial charge in [-0.15, -0.1) is 0 Å². The molecule has 0 bridgehead atoms. The van der Waals surface area contributed by atoms with Gasteiger partial charge in [0, 0.05) is 12.5 Å². The average molecular weight is 369 g/mol. The van der Waals surface area contributed by atoms with E-state index in [9.17, 15) is 9.59 Å². The molecule has 0 saturated carbocycles. The van der Waals surface area contributed by atoms with Crippen molar-refractivity contribution >= 4 is 11.9 Å². The Bertz CT molecular complexity index is 745. The number of rotatable bonds is 9. The molecule has 0 aromatic heterocycles. The van der Waals surface area contributed by atoms with Gasteiger partial charge >= 0.3 is 5.97 Å². The number of carbonyl (C=O) groups is 2. The molecule has 0 unspecified atom stereocenters. The summed E-state index contributed by atoms with van der Waals surface area (Å²) in [5.41, 5.74) is 1.49. The third-order valence-corrected chi connectivity index (χ3v) is 4.35. The Hall–Kier alpha value is -2.82. The number of carbonyl (C=O) groups excluding carboxylic acids is 2. The van der Waals surface area contributed by atoms with Crippen LogP contribution in [0.1, 0.15) is 49.0 Å². The maximum Gasteiger partial charge on any atom is 0.342 e. The highest BCUT2D eigenvalue weighted by Crippen LogP contribution is 2.20. The predicted octanol–water partition coefficient (Wildman–Crippen LogP) is 3.94. The number of esters is 1. The maximum atomic E-state index is 12.4. The normalized spacial score (nSPS) is 12.7. The van der Waals surface area contributed by atoms with Crippen LogP contribution >= 0.6 is 0 Å². The van der Waals surface area contributed by atoms with Gasteiger partial charge in [0.15, 0.2) is 6.10 Å². The van der Waals surface area contributed by atoms with Crippen LogP contribution in [0.15, 0.2) is 54.6 Å². The SMILES string of the molecule is CCOc1ccccc1C(=O)O[C@H](C)C(=O)NC[C@@H](CC)c1ccccc1. The zero-order valence-electron chi connectivity index (χ0n) is 16.1. The van der Waals surface area contributed by atoms with Gasteiger partial charge in [-0.3, -0.25) is 4.79 Å². The van der Waals surface area contributed by atoms with E-state index >= 15 is 0 Å². The van der Waals surface area contributed by atoms with Crippen molar-refractivity contribution in [2.45, 2.75) is 39.2 Å². The number of para-hydroxylation sites is 1. The lowest BCUT2D eigenvalue weighted by Crippen LogP contribution is -2.38. The zero-order valence-corrected chi connectivity index (χ0v) is 16.1. The zero-order chi connectivity index (χ0) is 19.6. The van der Waals surface area contributed by atoms with Gasteiger partial charge in [0.05, 0.1) is 6.61 Å². The number of hydrogen-bond acceptors (Lipinski definition) is 4. The summed E-state index contributed by atoms with van der Waals surface area (Å²) in [5, 5.41) is 2.88. The average Bonchev–Trinajstić information content (AvgIpc) is 2.69. The summed E-state index contributed by atoms with van der Waals surface area (Å²) in [4.78, 5) is 24.7. The number of amides is 1. The van der Waals surface area contributed by atoms with E-state index in [0.717, 1.165) is 6.42 Å². The lowest BCUT2D eigenvalue weighted by atomic mass is 9.96. The minimum absolute atomic E-state index is 0.219. The smallest absolute Gasteiger partial charge is 0.342 e. The molecule has 0 spiro atoms. The highest BCUT2D eigenvalue weighted by atomic mass is 16.5. The molecule has 5 heteroatoms. The Morgan fingerprint density at radius 1 is 1.00 bits per heavy atom. The molecule has 27 heavy (non-hydrogen) atoms. The topological polar surface area (TPSA) is 64.6 Å². The molecule has 1 N–H and O–H groups in total. The van der Waals surface area contributed by atoms with Gasteiger partial charge in [-0.25, -0.2) is 4.79 Å². The molecule has 0 aliphatic heterocycles. The minimum atomic E-state index is -0.888. The molecule has 2 aromatic carbocycles. The molecule has 2 aromatic rings. The van der Waals surface area contributed by atoms with Crippen LogP contribution < -0.4 is 10.1 Å². The van der Waals surface area contributed by atoms with Crippen molar-refractivity contribution in [2.24, 2.45) is 0 Å². The molecular weight excluding hydrogens is 342 g/mol. The van der Waals surface area contributed by atoms with Crippen molar-refractivity contribution < 1.29 is 19.1 Å². The summed E-state index contributed by atoms with van der Waals surface area (Å²) >= 11 is 0. The van der Waals surface area contributed by atoms with E-state index in [-0.39, 0.29) is 11.8 Å². The van der Waals surface area contributed by atoms with Crippen LogP contribution in [0, 0.1) is 0 Å². The summed E-state index contributed by atoms with van der Waals surface area (Å²) in [6, 6.07) is 16.9. The first-order chi connectivity index (χ1) is 13.1. The Morgan fingerprint density at radius 3 is 2.33 bits per heavy atom. The van der Waals surface area contributed by atoms with Gasteiger partial charge in [-0.2, -0.15) is 0 Å². The molecular formula is C22H27NO4. The highest BCUT2D eigenvalue weighted by Gasteiger charge is 2.22. The van der Waals surface area contributed by atoms with Crippen molar-refractivity contribution in [3.63, 3.8) is 0 Å². The molecule has 2 rings (SSSR count). The molecule has 0 fully saturated rings. The lowest BCUT2D eigenvalue weighted by Gasteiger charge is -2.19. The number of benzene rings is 2. The highest BCUT2D eigenvalue weighted by molar-refractivity contribution is 5.94. The summed E-state index contributed by atoms with van der Waals surface area (Å²) in [5.74, 6) is -0.215. The quantitative estimate of drug-likeness (QED) is 0.680. The molecule has 0 aliphatic carbocycles. The third-order valence-electron chi connectivity index (χ3n) is 4.35.